The highest BCUT2D eigenvalue weighted by molar-refractivity contribution is 7.98. The van der Waals surface area contributed by atoms with Gasteiger partial charge < -0.3 is 10.6 Å². The van der Waals surface area contributed by atoms with Crippen molar-refractivity contribution in [1.82, 2.24) is 15.6 Å². The number of hydrogen-bond donors (Lipinski definition) is 2. The van der Waals surface area contributed by atoms with Crippen molar-refractivity contribution in [2.75, 3.05) is 25.6 Å². The number of aliphatic imine (C=N–C) groups is 1. The number of thiazole rings is 1. The van der Waals surface area contributed by atoms with Gasteiger partial charge in [0.2, 0.25) is 0 Å². The molecule has 19 heavy (non-hydrogen) atoms. The van der Waals surface area contributed by atoms with E-state index in [0.717, 1.165) is 29.8 Å². The van der Waals surface area contributed by atoms with Crippen molar-refractivity contribution < 1.29 is 0 Å². The lowest BCUT2D eigenvalue weighted by molar-refractivity contribution is 0.734. The first-order valence-corrected chi connectivity index (χ1v) is 8.74. The quantitative estimate of drug-likeness (QED) is 0.462. The summed E-state index contributed by atoms with van der Waals surface area (Å²) in [6.07, 6.45) is 4.58. The number of thioether (sulfide) groups is 1. The summed E-state index contributed by atoms with van der Waals surface area (Å²) >= 11 is 3.64. The van der Waals surface area contributed by atoms with E-state index < -0.39 is 0 Å². The molecule has 4 nitrogen and oxygen atoms in total. The molecule has 0 fully saturated rings. The van der Waals surface area contributed by atoms with Gasteiger partial charge in [0, 0.05) is 18.5 Å². The van der Waals surface area contributed by atoms with Crippen LogP contribution in [0.15, 0.2) is 4.99 Å². The number of aromatic nitrogens is 1. The molecule has 0 atom stereocenters. The van der Waals surface area contributed by atoms with Crippen LogP contribution < -0.4 is 10.6 Å². The highest BCUT2D eigenvalue weighted by Gasteiger charge is 2.05. The molecule has 1 rings (SSSR count). The molecule has 1 aromatic rings. The SMILES string of the molecule is CN=C(NCCCCSC)NCc1sc(C)nc1C. The summed E-state index contributed by atoms with van der Waals surface area (Å²) in [5.74, 6) is 2.10. The van der Waals surface area contributed by atoms with Crippen LogP contribution in [0.25, 0.3) is 0 Å². The molecule has 108 valence electrons. The Morgan fingerprint density at radius 3 is 2.68 bits per heavy atom. The van der Waals surface area contributed by atoms with Gasteiger partial charge in [-0.15, -0.1) is 11.3 Å². The van der Waals surface area contributed by atoms with E-state index in [1.165, 1.54) is 23.5 Å². The van der Waals surface area contributed by atoms with Crippen LogP contribution in [0, 0.1) is 13.8 Å². The minimum atomic E-state index is 0.793. The van der Waals surface area contributed by atoms with Crippen LogP contribution >= 0.6 is 23.1 Å². The highest BCUT2D eigenvalue weighted by Crippen LogP contribution is 2.16. The Kier molecular flexibility index (Phi) is 7.90. The maximum absolute atomic E-state index is 4.43. The molecule has 2 N–H and O–H groups in total. The molecular formula is C13H24N4S2. The van der Waals surface area contributed by atoms with Crippen LogP contribution in [0.4, 0.5) is 0 Å². The predicted octanol–water partition coefficient (Wildman–Crippen LogP) is 2.57. The summed E-state index contributed by atoms with van der Waals surface area (Å²) in [6, 6.07) is 0. The van der Waals surface area contributed by atoms with Crippen LogP contribution in [0.3, 0.4) is 0 Å². The Labute approximate surface area is 124 Å². The zero-order chi connectivity index (χ0) is 14.1. The first-order chi connectivity index (χ1) is 9.17. The van der Waals surface area contributed by atoms with Crippen molar-refractivity contribution in [3.05, 3.63) is 15.6 Å². The predicted molar refractivity (Wildman–Crippen MR) is 87.4 cm³/mol. The third kappa shape index (κ3) is 6.29. The largest absolute Gasteiger partial charge is 0.356 e. The minimum absolute atomic E-state index is 0.793. The summed E-state index contributed by atoms with van der Waals surface area (Å²) < 4.78 is 0. The van der Waals surface area contributed by atoms with Crippen LogP contribution in [-0.2, 0) is 6.54 Å². The zero-order valence-corrected chi connectivity index (χ0v) is 13.9. The van der Waals surface area contributed by atoms with Crippen molar-refractivity contribution in [1.29, 1.82) is 0 Å². The molecule has 0 aliphatic rings. The Bertz CT molecular complexity index is 401. The third-order valence-corrected chi connectivity index (χ3v) is 4.48. The first kappa shape index (κ1) is 16.3. The van der Waals surface area contributed by atoms with Crippen LogP contribution in [0.5, 0.6) is 0 Å². The molecule has 0 saturated carbocycles. The fourth-order valence-electron chi connectivity index (χ4n) is 1.70. The molecule has 0 saturated heterocycles. The van der Waals surface area contributed by atoms with E-state index in [0.29, 0.717) is 0 Å². The van der Waals surface area contributed by atoms with E-state index in [9.17, 15) is 0 Å². The summed E-state index contributed by atoms with van der Waals surface area (Å²) in [7, 11) is 1.81. The van der Waals surface area contributed by atoms with E-state index in [1.54, 1.807) is 11.3 Å². The first-order valence-electron chi connectivity index (χ1n) is 6.53. The van der Waals surface area contributed by atoms with Gasteiger partial charge in [-0.1, -0.05) is 0 Å². The molecular weight excluding hydrogens is 276 g/mol. The second-order valence-corrected chi connectivity index (χ2v) is 6.57. The topological polar surface area (TPSA) is 49.3 Å². The number of aryl methyl sites for hydroxylation is 2. The Morgan fingerprint density at radius 1 is 1.32 bits per heavy atom. The molecule has 6 heteroatoms. The van der Waals surface area contributed by atoms with Crippen molar-refractivity contribution >= 4 is 29.1 Å². The molecule has 1 heterocycles. The van der Waals surface area contributed by atoms with Gasteiger partial charge >= 0.3 is 0 Å². The highest BCUT2D eigenvalue weighted by atomic mass is 32.2. The van der Waals surface area contributed by atoms with Crippen molar-refractivity contribution in [3.8, 4) is 0 Å². The minimum Gasteiger partial charge on any atom is -0.356 e. The van der Waals surface area contributed by atoms with Gasteiger partial charge in [-0.05, 0) is 38.7 Å². The van der Waals surface area contributed by atoms with E-state index in [-0.39, 0.29) is 0 Å². The molecule has 0 amide bonds. The zero-order valence-electron chi connectivity index (χ0n) is 12.2. The molecule has 0 aliphatic carbocycles. The molecule has 1 aromatic heterocycles. The molecule has 0 spiro atoms. The third-order valence-electron chi connectivity index (χ3n) is 2.71. The fourth-order valence-corrected chi connectivity index (χ4v) is 3.07. The molecule has 0 aromatic carbocycles. The van der Waals surface area contributed by atoms with Gasteiger partial charge in [0.25, 0.3) is 0 Å². The Balaban J connectivity index is 2.27. The number of rotatable bonds is 7. The van der Waals surface area contributed by atoms with Crippen molar-refractivity contribution in [3.63, 3.8) is 0 Å². The van der Waals surface area contributed by atoms with Crippen LogP contribution in [0.1, 0.15) is 28.4 Å². The van der Waals surface area contributed by atoms with Crippen molar-refractivity contribution in [2.24, 2.45) is 4.99 Å². The standard InChI is InChI=1S/C13H24N4S2/c1-10-12(19-11(2)17-10)9-16-13(14-3)15-7-5-6-8-18-4/h5-9H2,1-4H3,(H2,14,15,16). The van der Waals surface area contributed by atoms with Crippen LogP contribution in [-0.4, -0.2) is 36.5 Å². The van der Waals surface area contributed by atoms with Crippen molar-refractivity contribution in [2.45, 2.75) is 33.2 Å². The molecule has 0 radical (unpaired) electrons. The summed E-state index contributed by atoms with van der Waals surface area (Å²) in [5, 5.41) is 7.79. The fraction of sp³-hybridized carbons (Fsp3) is 0.692. The van der Waals surface area contributed by atoms with Gasteiger partial charge in [0.15, 0.2) is 5.96 Å². The average Bonchev–Trinajstić information content (AvgIpc) is 2.71. The molecule has 0 aliphatic heterocycles. The maximum Gasteiger partial charge on any atom is 0.191 e. The van der Waals surface area contributed by atoms with Gasteiger partial charge in [0.1, 0.15) is 0 Å². The Morgan fingerprint density at radius 2 is 2.11 bits per heavy atom. The second kappa shape index (κ2) is 9.20. The van der Waals surface area contributed by atoms with E-state index in [1.807, 2.05) is 25.7 Å². The number of unbranched alkanes of at least 4 members (excludes halogenated alkanes) is 1. The lowest BCUT2D eigenvalue weighted by Crippen LogP contribution is -2.37. The van der Waals surface area contributed by atoms with E-state index in [4.69, 9.17) is 0 Å². The Hall–Kier alpha value is -0.750. The number of hydrogen-bond acceptors (Lipinski definition) is 4. The smallest absolute Gasteiger partial charge is 0.191 e. The summed E-state index contributed by atoms with van der Waals surface area (Å²) in [4.78, 5) is 9.94. The van der Waals surface area contributed by atoms with Crippen LogP contribution in [0.2, 0.25) is 0 Å². The van der Waals surface area contributed by atoms with Gasteiger partial charge in [-0.25, -0.2) is 4.98 Å². The van der Waals surface area contributed by atoms with Gasteiger partial charge in [-0.3, -0.25) is 4.99 Å². The monoisotopic (exact) mass is 300 g/mol. The average molecular weight is 300 g/mol. The molecule has 0 unspecified atom stereocenters. The number of nitrogens with one attached hydrogen (secondary N) is 2. The van der Waals surface area contributed by atoms with E-state index in [2.05, 4.69) is 33.8 Å². The lowest BCUT2D eigenvalue weighted by Gasteiger charge is -2.11. The number of guanidine groups is 1. The van der Waals surface area contributed by atoms with Gasteiger partial charge in [0.05, 0.1) is 17.2 Å². The van der Waals surface area contributed by atoms with Gasteiger partial charge in [-0.2, -0.15) is 11.8 Å². The normalized spacial score (nSPS) is 11.7. The number of nitrogens with zero attached hydrogens (tertiary/aromatic N) is 2. The summed E-state index contributed by atoms with van der Waals surface area (Å²) in [5.41, 5.74) is 1.12. The second-order valence-electron chi connectivity index (χ2n) is 4.29. The maximum atomic E-state index is 4.43. The lowest BCUT2D eigenvalue weighted by atomic mass is 10.3. The van der Waals surface area contributed by atoms with E-state index >= 15 is 0 Å². The summed E-state index contributed by atoms with van der Waals surface area (Å²) in [6.45, 7) is 5.86. The molecule has 0 bridgehead atoms.